The van der Waals surface area contributed by atoms with Crippen LogP contribution < -0.4 is 5.73 Å². The topological polar surface area (TPSA) is 48.0 Å². The molecule has 0 bridgehead atoms. The van der Waals surface area contributed by atoms with Crippen LogP contribution in [0.15, 0.2) is 72.1 Å². The smallest absolute Gasteiger partial charge is 0.249 e. The van der Waals surface area contributed by atoms with Crippen molar-refractivity contribution in [1.82, 2.24) is 4.57 Å². The summed E-state index contributed by atoms with van der Waals surface area (Å²) >= 11 is 7.97. The van der Waals surface area contributed by atoms with Gasteiger partial charge in [-0.3, -0.25) is 4.79 Å². The number of fused-ring (bicyclic) bond motifs is 3. The molecule has 3 aromatic carbocycles. The van der Waals surface area contributed by atoms with Crippen molar-refractivity contribution in [2.45, 2.75) is 6.54 Å². The molecular weight excluding hydrogens is 419 g/mol. The second-order valence-corrected chi connectivity index (χ2v) is 8.41. The molecule has 148 valence electrons. The minimum Gasteiger partial charge on any atom is -0.366 e. The summed E-state index contributed by atoms with van der Waals surface area (Å²) in [7, 11) is 0. The Hall–Kier alpha value is -3.15. The molecule has 6 heteroatoms. The predicted molar refractivity (Wildman–Crippen MR) is 122 cm³/mol. The van der Waals surface area contributed by atoms with Gasteiger partial charge in [0.2, 0.25) is 5.91 Å². The summed E-state index contributed by atoms with van der Waals surface area (Å²) in [5.41, 5.74) is 9.27. The molecular formula is C24H16ClFN2OS. The van der Waals surface area contributed by atoms with Gasteiger partial charge in [-0.25, -0.2) is 4.39 Å². The first-order valence-electron chi connectivity index (χ1n) is 9.36. The van der Waals surface area contributed by atoms with Gasteiger partial charge in [-0.05, 0) is 47.3 Å². The SMILES string of the molecule is NC(=O)c1cccc2c1c1ccc(-c3cccs3)cc1n2Cc1c(F)cccc1Cl. The quantitative estimate of drug-likeness (QED) is 0.346. The summed E-state index contributed by atoms with van der Waals surface area (Å²) in [6.45, 7) is 0.238. The lowest BCUT2D eigenvalue weighted by molar-refractivity contribution is 0.100. The Balaban J connectivity index is 1.85. The number of nitrogens with two attached hydrogens (primary N) is 1. The van der Waals surface area contributed by atoms with Crippen molar-refractivity contribution in [3.63, 3.8) is 0 Å². The molecule has 0 radical (unpaired) electrons. The molecule has 2 N–H and O–H groups in total. The van der Waals surface area contributed by atoms with E-state index in [2.05, 4.69) is 12.1 Å². The normalized spacial score (nSPS) is 11.4. The van der Waals surface area contributed by atoms with Crippen LogP contribution in [0.2, 0.25) is 5.02 Å². The lowest BCUT2D eigenvalue weighted by atomic mass is 10.0. The van der Waals surface area contributed by atoms with Crippen LogP contribution in [-0.4, -0.2) is 10.5 Å². The lowest BCUT2D eigenvalue weighted by Gasteiger charge is -2.11. The molecule has 0 atom stereocenters. The van der Waals surface area contributed by atoms with E-state index in [0.29, 0.717) is 16.1 Å². The number of carbonyl (C=O) groups excluding carboxylic acids is 1. The number of aromatic nitrogens is 1. The average Bonchev–Trinajstić information content (AvgIpc) is 3.37. The Morgan fingerprint density at radius 2 is 1.87 bits per heavy atom. The van der Waals surface area contributed by atoms with Gasteiger partial charge in [0.25, 0.3) is 0 Å². The van der Waals surface area contributed by atoms with Crippen molar-refractivity contribution in [3.8, 4) is 10.4 Å². The van der Waals surface area contributed by atoms with E-state index in [0.717, 1.165) is 32.2 Å². The van der Waals surface area contributed by atoms with Crippen molar-refractivity contribution in [3.05, 3.63) is 94.1 Å². The first-order chi connectivity index (χ1) is 14.5. The number of nitrogens with zero attached hydrogens (tertiary/aromatic N) is 1. The van der Waals surface area contributed by atoms with Gasteiger partial charge >= 0.3 is 0 Å². The number of carbonyl (C=O) groups is 1. The van der Waals surface area contributed by atoms with E-state index in [-0.39, 0.29) is 12.4 Å². The molecule has 2 aromatic heterocycles. The molecule has 0 saturated heterocycles. The third kappa shape index (κ3) is 2.98. The Labute approximate surface area is 181 Å². The number of primary amides is 1. The minimum atomic E-state index is -0.495. The van der Waals surface area contributed by atoms with Crippen molar-refractivity contribution in [1.29, 1.82) is 0 Å². The predicted octanol–water partition coefficient (Wildman–Crippen LogP) is 6.46. The third-order valence-corrected chi connectivity index (χ3v) is 6.61. The number of rotatable bonds is 4. The summed E-state index contributed by atoms with van der Waals surface area (Å²) in [5, 5.41) is 4.06. The molecule has 3 nitrogen and oxygen atoms in total. The second-order valence-electron chi connectivity index (χ2n) is 7.06. The van der Waals surface area contributed by atoms with Crippen LogP contribution in [-0.2, 0) is 6.54 Å². The highest BCUT2D eigenvalue weighted by Gasteiger charge is 2.19. The van der Waals surface area contributed by atoms with Crippen LogP contribution in [0.1, 0.15) is 15.9 Å². The van der Waals surface area contributed by atoms with Crippen LogP contribution in [0, 0.1) is 5.82 Å². The van der Waals surface area contributed by atoms with E-state index in [1.807, 2.05) is 34.2 Å². The number of hydrogen-bond donors (Lipinski definition) is 1. The van der Waals surface area contributed by atoms with Gasteiger partial charge in [0.15, 0.2) is 0 Å². The van der Waals surface area contributed by atoms with Gasteiger partial charge in [-0.15, -0.1) is 11.3 Å². The maximum atomic E-state index is 14.6. The van der Waals surface area contributed by atoms with E-state index in [1.165, 1.54) is 6.07 Å². The van der Waals surface area contributed by atoms with Crippen molar-refractivity contribution >= 4 is 50.7 Å². The number of benzene rings is 3. The lowest BCUT2D eigenvalue weighted by Crippen LogP contribution is -2.11. The molecule has 0 spiro atoms. The molecule has 0 unspecified atom stereocenters. The number of halogens is 2. The molecule has 5 aromatic rings. The van der Waals surface area contributed by atoms with Crippen LogP contribution >= 0.6 is 22.9 Å². The highest BCUT2D eigenvalue weighted by atomic mass is 35.5. The zero-order chi connectivity index (χ0) is 20.8. The van der Waals surface area contributed by atoms with Gasteiger partial charge in [-0.2, -0.15) is 0 Å². The summed E-state index contributed by atoms with van der Waals surface area (Å²) in [5.74, 6) is -0.858. The zero-order valence-electron chi connectivity index (χ0n) is 15.7. The standard InChI is InChI=1S/C24H16ClFN2OS/c25-18-5-2-6-19(26)17(18)13-28-20-7-1-4-16(24(27)29)23(20)15-10-9-14(12-21(15)28)22-8-3-11-30-22/h1-12H,13H2,(H2,27,29). The Bertz CT molecular complexity index is 1400. The van der Waals surface area contributed by atoms with Crippen LogP contribution in [0.4, 0.5) is 4.39 Å². The van der Waals surface area contributed by atoms with E-state index in [9.17, 15) is 9.18 Å². The Kier molecular flexibility index (Phi) is 4.57. The molecule has 0 aliphatic rings. The molecule has 0 aliphatic heterocycles. The summed E-state index contributed by atoms with van der Waals surface area (Å²) in [6, 6.07) is 20.3. The highest BCUT2D eigenvalue weighted by Crippen LogP contribution is 2.36. The van der Waals surface area contributed by atoms with E-state index in [4.69, 9.17) is 17.3 Å². The third-order valence-electron chi connectivity index (χ3n) is 5.34. The Morgan fingerprint density at radius 3 is 2.60 bits per heavy atom. The van der Waals surface area contributed by atoms with Crippen LogP contribution in [0.25, 0.3) is 32.2 Å². The Morgan fingerprint density at radius 1 is 1.03 bits per heavy atom. The minimum absolute atomic E-state index is 0.238. The fourth-order valence-electron chi connectivity index (χ4n) is 3.96. The van der Waals surface area contributed by atoms with Crippen LogP contribution in [0.3, 0.4) is 0 Å². The molecule has 30 heavy (non-hydrogen) atoms. The van der Waals surface area contributed by atoms with Gasteiger partial charge < -0.3 is 10.3 Å². The molecule has 0 aliphatic carbocycles. The summed E-state index contributed by atoms with van der Waals surface area (Å²) < 4.78 is 16.6. The number of amides is 1. The molecule has 5 rings (SSSR count). The molecule has 0 saturated carbocycles. The van der Waals surface area contributed by atoms with E-state index in [1.54, 1.807) is 35.6 Å². The largest absolute Gasteiger partial charge is 0.366 e. The first-order valence-corrected chi connectivity index (χ1v) is 10.6. The van der Waals surface area contributed by atoms with Gasteiger partial charge in [0.1, 0.15) is 5.82 Å². The van der Waals surface area contributed by atoms with Crippen LogP contribution in [0.5, 0.6) is 0 Å². The fourth-order valence-corrected chi connectivity index (χ4v) is 4.90. The summed E-state index contributed by atoms with van der Waals surface area (Å²) in [4.78, 5) is 13.3. The van der Waals surface area contributed by atoms with Crippen molar-refractivity contribution in [2.75, 3.05) is 0 Å². The number of thiophene rings is 1. The zero-order valence-corrected chi connectivity index (χ0v) is 17.3. The molecule has 1 amide bonds. The monoisotopic (exact) mass is 434 g/mol. The maximum absolute atomic E-state index is 14.6. The van der Waals surface area contributed by atoms with Gasteiger partial charge in [0, 0.05) is 31.8 Å². The van der Waals surface area contributed by atoms with E-state index >= 15 is 0 Å². The summed E-state index contributed by atoms with van der Waals surface area (Å²) in [6.07, 6.45) is 0. The van der Waals surface area contributed by atoms with Crippen molar-refractivity contribution < 1.29 is 9.18 Å². The second kappa shape index (κ2) is 7.27. The van der Waals surface area contributed by atoms with Gasteiger partial charge in [-0.1, -0.05) is 41.9 Å². The van der Waals surface area contributed by atoms with Crippen molar-refractivity contribution in [2.24, 2.45) is 5.73 Å². The number of hydrogen-bond acceptors (Lipinski definition) is 2. The molecule has 0 fully saturated rings. The highest BCUT2D eigenvalue weighted by molar-refractivity contribution is 7.13. The van der Waals surface area contributed by atoms with Gasteiger partial charge in [0.05, 0.1) is 17.6 Å². The maximum Gasteiger partial charge on any atom is 0.249 e. The molecule has 2 heterocycles. The van der Waals surface area contributed by atoms with E-state index < -0.39 is 5.91 Å². The first kappa shape index (κ1) is 18.9. The average molecular weight is 435 g/mol. The fraction of sp³-hybridized carbons (Fsp3) is 0.0417.